The molecule has 2 aromatic heterocycles. The van der Waals surface area contributed by atoms with Crippen LogP contribution in [0.25, 0.3) is 20.5 Å². The van der Waals surface area contributed by atoms with E-state index in [4.69, 9.17) is 0 Å². The quantitative estimate of drug-likeness (QED) is 0.384. The normalized spacial score (nSPS) is 13.6. The van der Waals surface area contributed by atoms with Crippen molar-refractivity contribution in [1.29, 1.82) is 0 Å². The van der Waals surface area contributed by atoms with Crippen LogP contribution in [-0.4, -0.2) is 0 Å². The molecule has 0 N–H and O–H groups in total. The van der Waals surface area contributed by atoms with E-state index in [1.807, 2.05) is 22.7 Å². The molecule has 0 unspecified atom stereocenters. The van der Waals surface area contributed by atoms with Crippen molar-refractivity contribution in [2.45, 2.75) is 85.5 Å². The van der Waals surface area contributed by atoms with Crippen LogP contribution in [0.1, 0.15) is 83.9 Å². The predicted octanol–water partition coefficient (Wildman–Crippen LogP) is 8.83. The molecule has 2 heterocycles. The lowest BCUT2D eigenvalue weighted by atomic mass is 9.71. The standard InChI is InChI=1S/C25H34S2/c1-15-20(22-19(27-15)11-12-26-22)21-17(24(5,6)7)13-16(23(2,3)4)14-18(21)25(8,9)10/h11-14H,1-10H3. The lowest BCUT2D eigenvalue weighted by Gasteiger charge is -2.34. The van der Waals surface area contributed by atoms with E-state index in [1.54, 1.807) is 0 Å². The summed E-state index contributed by atoms with van der Waals surface area (Å²) in [5, 5.41) is 2.24. The minimum Gasteiger partial charge on any atom is -0.142 e. The number of fused-ring (bicyclic) bond motifs is 1. The lowest BCUT2D eigenvalue weighted by molar-refractivity contribution is 0.551. The lowest BCUT2D eigenvalue weighted by Crippen LogP contribution is -2.23. The molecule has 0 aliphatic heterocycles. The highest BCUT2D eigenvalue weighted by atomic mass is 32.1. The van der Waals surface area contributed by atoms with Crippen molar-refractivity contribution in [3.05, 3.63) is 45.1 Å². The predicted molar refractivity (Wildman–Crippen MR) is 126 cm³/mol. The molecule has 2 heteroatoms. The first-order valence-corrected chi connectivity index (χ1v) is 11.6. The SMILES string of the molecule is Cc1sc2ccsc2c1-c1c(C(C)(C)C)cc(C(C)(C)C)cc1C(C)(C)C. The topological polar surface area (TPSA) is 0 Å². The van der Waals surface area contributed by atoms with Crippen LogP contribution in [0.5, 0.6) is 0 Å². The molecule has 146 valence electrons. The smallest absolute Gasteiger partial charge is 0.0532 e. The fraction of sp³-hybridized carbons (Fsp3) is 0.520. The van der Waals surface area contributed by atoms with Crippen LogP contribution in [0.3, 0.4) is 0 Å². The molecule has 0 saturated heterocycles. The van der Waals surface area contributed by atoms with Crippen molar-refractivity contribution in [2.75, 3.05) is 0 Å². The van der Waals surface area contributed by atoms with Gasteiger partial charge in [-0.2, -0.15) is 0 Å². The van der Waals surface area contributed by atoms with Crippen LogP contribution in [0.2, 0.25) is 0 Å². The minimum absolute atomic E-state index is 0.0918. The second-order valence-corrected chi connectivity index (χ2v) is 13.0. The largest absolute Gasteiger partial charge is 0.142 e. The average molecular weight is 399 g/mol. The molecule has 0 saturated carbocycles. The maximum absolute atomic E-state index is 2.49. The third-order valence-corrected chi connectivity index (χ3v) is 7.47. The van der Waals surface area contributed by atoms with Gasteiger partial charge >= 0.3 is 0 Å². The Kier molecular flexibility index (Phi) is 4.93. The van der Waals surface area contributed by atoms with Crippen LogP contribution < -0.4 is 0 Å². The van der Waals surface area contributed by atoms with Gasteiger partial charge in [0.1, 0.15) is 0 Å². The second-order valence-electron chi connectivity index (χ2n) is 10.8. The zero-order valence-corrected chi connectivity index (χ0v) is 20.3. The molecular formula is C25H34S2. The summed E-state index contributed by atoms with van der Waals surface area (Å²) < 4.78 is 2.88. The maximum Gasteiger partial charge on any atom is 0.0532 e. The first-order valence-electron chi connectivity index (χ1n) is 9.87. The van der Waals surface area contributed by atoms with Gasteiger partial charge in [-0.15, -0.1) is 22.7 Å². The van der Waals surface area contributed by atoms with Crippen LogP contribution in [0.4, 0.5) is 0 Å². The average Bonchev–Trinajstić information content (AvgIpc) is 3.02. The first-order chi connectivity index (χ1) is 12.2. The Morgan fingerprint density at radius 3 is 1.67 bits per heavy atom. The zero-order chi connectivity index (χ0) is 20.4. The zero-order valence-electron chi connectivity index (χ0n) is 18.6. The molecule has 0 bridgehead atoms. The highest BCUT2D eigenvalue weighted by molar-refractivity contribution is 7.27. The van der Waals surface area contributed by atoms with Crippen molar-refractivity contribution in [2.24, 2.45) is 0 Å². The van der Waals surface area contributed by atoms with Gasteiger partial charge in [-0.3, -0.25) is 0 Å². The van der Waals surface area contributed by atoms with Crippen LogP contribution in [0, 0.1) is 6.92 Å². The number of hydrogen-bond acceptors (Lipinski definition) is 2. The molecule has 0 nitrogen and oxygen atoms in total. The summed E-state index contributed by atoms with van der Waals surface area (Å²) in [6.45, 7) is 23.4. The molecule has 3 rings (SSSR count). The van der Waals surface area contributed by atoms with Gasteiger partial charge < -0.3 is 0 Å². The summed E-state index contributed by atoms with van der Waals surface area (Å²) in [5.74, 6) is 0. The Morgan fingerprint density at radius 1 is 0.704 bits per heavy atom. The van der Waals surface area contributed by atoms with Gasteiger partial charge in [0, 0.05) is 15.1 Å². The summed E-state index contributed by atoms with van der Waals surface area (Å²) in [5.41, 5.74) is 7.68. The molecule has 27 heavy (non-hydrogen) atoms. The van der Waals surface area contributed by atoms with E-state index < -0.39 is 0 Å². The number of thiophene rings is 2. The van der Waals surface area contributed by atoms with Crippen LogP contribution in [-0.2, 0) is 16.2 Å². The molecular weight excluding hydrogens is 364 g/mol. The fourth-order valence-electron chi connectivity index (χ4n) is 3.75. The van der Waals surface area contributed by atoms with E-state index in [0.717, 1.165) is 0 Å². The van der Waals surface area contributed by atoms with Gasteiger partial charge in [-0.05, 0) is 56.9 Å². The maximum atomic E-state index is 2.49. The van der Waals surface area contributed by atoms with Gasteiger partial charge in [0.05, 0.1) is 4.70 Å². The summed E-state index contributed by atoms with van der Waals surface area (Å²) >= 11 is 3.83. The fourth-order valence-corrected chi connectivity index (χ4v) is 6.04. The summed E-state index contributed by atoms with van der Waals surface area (Å²) in [7, 11) is 0. The van der Waals surface area contributed by atoms with E-state index in [1.165, 1.54) is 42.1 Å². The van der Waals surface area contributed by atoms with E-state index in [9.17, 15) is 0 Å². The summed E-state index contributed by atoms with van der Waals surface area (Å²) in [6, 6.07) is 7.25. The molecule has 0 aliphatic rings. The van der Waals surface area contributed by atoms with E-state index >= 15 is 0 Å². The first kappa shape index (κ1) is 20.6. The van der Waals surface area contributed by atoms with Gasteiger partial charge in [0.15, 0.2) is 0 Å². The molecule has 0 spiro atoms. The Hall–Kier alpha value is -1.12. The summed E-state index contributed by atoms with van der Waals surface area (Å²) in [6.07, 6.45) is 0. The number of rotatable bonds is 1. The van der Waals surface area contributed by atoms with Crippen molar-refractivity contribution >= 4 is 32.1 Å². The minimum atomic E-state index is 0.0918. The highest BCUT2D eigenvalue weighted by Gasteiger charge is 2.31. The molecule has 0 aliphatic carbocycles. The van der Waals surface area contributed by atoms with Gasteiger partial charge in [0.25, 0.3) is 0 Å². The number of aryl methyl sites for hydroxylation is 1. The number of benzene rings is 1. The van der Waals surface area contributed by atoms with Crippen molar-refractivity contribution in [1.82, 2.24) is 0 Å². The molecule has 3 aromatic rings. The monoisotopic (exact) mass is 398 g/mol. The van der Waals surface area contributed by atoms with Crippen LogP contribution in [0.15, 0.2) is 23.6 Å². The van der Waals surface area contributed by atoms with Gasteiger partial charge in [-0.1, -0.05) is 74.4 Å². The Labute approximate surface area is 173 Å². The van der Waals surface area contributed by atoms with E-state index in [2.05, 4.69) is 92.8 Å². The van der Waals surface area contributed by atoms with E-state index in [0.29, 0.717) is 0 Å². The number of hydrogen-bond donors (Lipinski definition) is 0. The summed E-state index contributed by atoms with van der Waals surface area (Å²) in [4.78, 5) is 1.44. The Morgan fingerprint density at radius 2 is 1.22 bits per heavy atom. The van der Waals surface area contributed by atoms with Crippen molar-refractivity contribution in [3.8, 4) is 11.1 Å². The van der Waals surface area contributed by atoms with Gasteiger partial charge in [0.2, 0.25) is 0 Å². The molecule has 0 fully saturated rings. The second kappa shape index (κ2) is 6.46. The Bertz CT molecular complexity index is 941. The highest BCUT2D eigenvalue weighted by Crippen LogP contribution is 2.49. The van der Waals surface area contributed by atoms with E-state index in [-0.39, 0.29) is 16.2 Å². The van der Waals surface area contributed by atoms with Crippen molar-refractivity contribution < 1.29 is 0 Å². The third kappa shape index (κ3) is 3.76. The molecule has 0 atom stereocenters. The third-order valence-electron chi connectivity index (χ3n) is 5.34. The molecule has 0 radical (unpaired) electrons. The van der Waals surface area contributed by atoms with Crippen LogP contribution >= 0.6 is 22.7 Å². The molecule has 0 amide bonds. The molecule has 1 aromatic carbocycles. The Balaban J connectivity index is 2.52. The van der Waals surface area contributed by atoms with Crippen molar-refractivity contribution in [3.63, 3.8) is 0 Å². The van der Waals surface area contributed by atoms with Gasteiger partial charge in [-0.25, -0.2) is 0 Å².